The van der Waals surface area contributed by atoms with Crippen LogP contribution in [0.25, 0.3) is 11.4 Å². The summed E-state index contributed by atoms with van der Waals surface area (Å²) >= 11 is 3.00. The van der Waals surface area contributed by atoms with Crippen molar-refractivity contribution in [1.82, 2.24) is 9.97 Å². The van der Waals surface area contributed by atoms with E-state index in [1.54, 1.807) is 13.8 Å². The minimum Gasteiger partial charge on any atom is -0.389 e. The van der Waals surface area contributed by atoms with Crippen LogP contribution in [0, 0.1) is 18.6 Å². The zero-order valence-electron chi connectivity index (χ0n) is 10.3. The molecular formula is C13H11BrF2N2O. The van der Waals surface area contributed by atoms with Gasteiger partial charge in [0.15, 0.2) is 17.5 Å². The maximum atomic E-state index is 13.5. The Balaban J connectivity index is 2.55. The summed E-state index contributed by atoms with van der Waals surface area (Å²) in [5.41, 5.74) is 1.55. The van der Waals surface area contributed by atoms with E-state index in [-0.39, 0.29) is 10.3 Å². The van der Waals surface area contributed by atoms with Crippen molar-refractivity contribution in [3.63, 3.8) is 0 Å². The van der Waals surface area contributed by atoms with Gasteiger partial charge in [0.25, 0.3) is 0 Å². The molecule has 1 aromatic carbocycles. The van der Waals surface area contributed by atoms with Crippen LogP contribution in [0.1, 0.15) is 24.3 Å². The van der Waals surface area contributed by atoms with E-state index in [2.05, 4.69) is 25.9 Å². The summed E-state index contributed by atoms with van der Waals surface area (Å²) in [6, 6.07) is 2.43. The van der Waals surface area contributed by atoms with Crippen LogP contribution < -0.4 is 0 Å². The van der Waals surface area contributed by atoms with E-state index in [0.717, 1.165) is 6.07 Å². The molecule has 6 heteroatoms. The van der Waals surface area contributed by atoms with Gasteiger partial charge in [-0.1, -0.05) is 0 Å². The molecule has 1 atom stereocenters. The van der Waals surface area contributed by atoms with Gasteiger partial charge in [0.2, 0.25) is 0 Å². The lowest BCUT2D eigenvalue weighted by atomic mass is 10.1. The van der Waals surface area contributed by atoms with Gasteiger partial charge in [-0.3, -0.25) is 0 Å². The fourth-order valence-electron chi connectivity index (χ4n) is 1.71. The topological polar surface area (TPSA) is 46.0 Å². The molecule has 2 rings (SSSR count). The summed E-state index contributed by atoms with van der Waals surface area (Å²) in [6.45, 7) is 3.33. The van der Waals surface area contributed by atoms with Crippen molar-refractivity contribution in [3.05, 3.63) is 45.7 Å². The molecular weight excluding hydrogens is 318 g/mol. The highest BCUT2D eigenvalue weighted by molar-refractivity contribution is 9.10. The second-order valence-corrected chi connectivity index (χ2v) is 4.93. The minimum atomic E-state index is -0.974. The van der Waals surface area contributed by atoms with Gasteiger partial charge in [0.1, 0.15) is 0 Å². The largest absolute Gasteiger partial charge is 0.389 e. The number of rotatable bonds is 2. The van der Waals surface area contributed by atoms with E-state index in [4.69, 9.17) is 0 Å². The first-order valence-electron chi connectivity index (χ1n) is 5.57. The molecule has 0 aliphatic rings. The van der Waals surface area contributed by atoms with Gasteiger partial charge in [-0.25, -0.2) is 18.7 Å². The Morgan fingerprint density at radius 1 is 1.32 bits per heavy atom. The summed E-state index contributed by atoms with van der Waals surface area (Å²) in [4.78, 5) is 8.28. The van der Waals surface area contributed by atoms with Crippen molar-refractivity contribution in [2.24, 2.45) is 0 Å². The zero-order valence-corrected chi connectivity index (χ0v) is 11.9. The van der Waals surface area contributed by atoms with Crippen molar-refractivity contribution in [2.45, 2.75) is 20.0 Å². The molecule has 0 aliphatic carbocycles. The smallest absolute Gasteiger partial charge is 0.173 e. The molecule has 1 heterocycles. The highest BCUT2D eigenvalue weighted by Gasteiger charge is 2.16. The fourth-order valence-corrected chi connectivity index (χ4v) is 2.21. The molecule has 0 saturated carbocycles. The number of benzene rings is 1. The number of nitrogens with zero attached hydrogens (tertiary/aromatic N) is 2. The average molecular weight is 329 g/mol. The van der Waals surface area contributed by atoms with Gasteiger partial charge in [0, 0.05) is 23.0 Å². The molecule has 0 amide bonds. The third-order valence-corrected chi connectivity index (χ3v) is 3.52. The standard InChI is InChI=1S/C13H11BrF2N2O/c1-6-9(7(2)19)5-17-13(18-6)8-3-4-10(15)12(16)11(8)14/h3-5,7,19H,1-2H3/t7-/m1/s1. The molecule has 19 heavy (non-hydrogen) atoms. The van der Waals surface area contributed by atoms with Crippen molar-refractivity contribution in [2.75, 3.05) is 0 Å². The predicted octanol–water partition coefficient (Wildman–Crippen LogP) is 3.55. The van der Waals surface area contributed by atoms with Gasteiger partial charge in [-0.15, -0.1) is 0 Å². The Labute approximate surface area is 117 Å². The van der Waals surface area contributed by atoms with E-state index in [1.165, 1.54) is 12.3 Å². The van der Waals surface area contributed by atoms with Crippen LogP contribution in [0.15, 0.2) is 22.8 Å². The van der Waals surface area contributed by atoms with Gasteiger partial charge in [-0.2, -0.15) is 0 Å². The number of aliphatic hydroxyl groups excluding tert-OH is 1. The van der Waals surface area contributed by atoms with Crippen LogP contribution in [0.2, 0.25) is 0 Å². The van der Waals surface area contributed by atoms with Crippen molar-refractivity contribution in [1.29, 1.82) is 0 Å². The van der Waals surface area contributed by atoms with Crippen LogP contribution >= 0.6 is 15.9 Å². The van der Waals surface area contributed by atoms with Crippen LogP contribution in [-0.2, 0) is 0 Å². The molecule has 0 bridgehead atoms. The highest BCUT2D eigenvalue weighted by Crippen LogP contribution is 2.30. The summed E-state index contributed by atoms with van der Waals surface area (Å²) in [5, 5.41) is 9.50. The lowest BCUT2D eigenvalue weighted by molar-refractivity contribution is 0.197. The maximum absolute atomic E-state index is 13.5. The summed E-state index contributed by atoms with van der Waals surface area (Å²) < 4.78 is 26.5. The molecule has 1 aromatic heterocycles. The monoisotopic (exact) mass is 328 g/mol. The summed E-state index contributed by atoms with van der Waals surface area (Å²) in [6.07, 6.45) is 0.804. The van der Waals surface area contributed by atoms with Gasteiger partial charge in [0.05, 0.1) is 10.6 Å². The second kappa shape index (κ2) is 5.30. The Kier molecular flexibility index (Phi) is 3.91. The molecule has 3 nitrogen and oxygen atoms in total. The molecule has 0 saturated heterocycles. The first kappa shape index (κ1) is 14.0. The molecule has 0 radical (unpaired) electrons. The van der Waals surface area contributed by atoms with Crippen molar-refractivity contribution < 1.29 is 13.9 Å². The normalized spacial score (nSPS) is 12.5. The summed E-state index contributed by atoms with van der Waals surface area (Å²) in [7, 11) is 0. The predicted molar refractivity (Wildman–Crippen MR) is 70.5 cm³/mol. The molecule has 2 aromatic rings. The van der Waals surface area contributed by atoms with Gasteiger partial charge in [-0.05, 0) is 41.9 Å². The van der Waals surface area contributed by atoms with E-state index in [1.807, 2.05) is 0 Å². The Morgan fingerprint density at radius 3 is 2.58 bits per heavy atom. The number of aryl methyl sites for hydroxylation is 1. The third-order valence-electron chi connectivity index (χ3n) is 2.74. The lowest BCUT2D eigenvalue weighted by Crippen LogP contribution is -2.02. The third kappa shape index (κ3) is 2.64. The van der Waals surface area contributed by atoms with Crippen LogP contribution in [0.4, 0.5) is 8.78 Å². The molecule has 0 fully saturated rings. The van der Waals surface area contributed by atoms with Crippen molar-refractivity contribution in [3.8, 4) is 11.4 Å². The van der Waals surface area contributed by atoms with Crippen molar-refractivity contribution >= 4 is 15.9 Å². The van der Waals surface area contributed by atoms with E-state index >= 15 is 0 Å². The number of hydrogen-bond donors (Lipinski definition) is 1. The maximum Gasteiger partial charge on any atom is 0.173 e. The Hall–Kier alpha value is -1.40. The van der Waals surface area contributed by atoms with Crippen LogP contribution in [-0.4, -0.2) is 15.1 Å². The van der Waals surface area contributed by atoms with Crippen LogP contribution in [0.3, 0.4) is 0 Å². The average Bonchev–Trinajstić information content (AvgIpc) is 2.35. The van der Waals surface area contributed by atoms with Gasteiger partial charge < -0.3 is 5.11 Å². The molecule has 0 unspecified atom stereocenters. The Morgan fingerprint density at radius 2 is 2.00 bits per heavy atom. The van der Waals surface area contributed by atoms with Gasteiger partial charge >= 0.3 is 0 Å². The highest BCUT2D eigenvalue weighted by atomic mass is 79.9. The van der Waals surface area contributed by atoms with E-state index < -0.39 is 17.7 Å². The fraction of sp³-hybridized carbons (Fsp3) is 0.231. The first-order valence-corrected chi connectivity index (χ1v) is 6.36. The van der Waals surface area contributed by atoms with E-state index in [0.29, 0.717) is 16.8 Å². The first-order chi connectivity index (χ1) is 8.91. The lowest BCUT2D eigenvalue weighted by Gasteiger charge is -2.10. The minimum absolute atomic E-state index is 0.0169. The van der Waals surface area contributed by atoms with E-state index in [9.17, 15) is 13.9 Å². The number of aliphatic hydroxyl groups is 1. The number of halogens is 3. The SMILES string of the molecule is Cc1nc(-c2ccc(F)c(F)c2Br)ncc1[C@@H](C)O. The quantitative estimate of drug-likeness (QED) is 0.857. The molecule has 100 valence electrons. The Bertz CT molecular complexity index is 632. The van der Waals surface area contributed by atoms with Crippen LogP contribution in [0.5, 0.6) is 0 Å². The number of hydrogen-bond acceptors (Lipinski definition) is 3. The summed E-state index contributed by atoms with van der Waals surface area (Å²) in [5.74, 6) is -1.64. The second-order valence-electron chi connectivity index (χ2n) is 4.13. The number of aromatic nitrogens is 2. The molecule has 0 spiro atoms. The molecule has 0 aliphatic heterocycles. The molecule has 1 N–H and O–H groups in total. The zero-order chi connectivity index (χ0) is 14.2.